The van der Waals surface area contributed by atoms with Gasteiger partial charge in [0, 0.05) is 48.8 Å². The fourth-order valence-corrected chi connectivity index (χ4v) is 4.56. The van der Waals surface area contributed by atoms with Crippen LogP contribution < -0.4 is 4.90 Å². The number of carbonyl (C=O) groups is 1. The summed E-state index contributed by atoms with van der Waals surface area (Å²) in [6, 6.07) is 17.9. The summed E-state index contributed by atoms with van der Waals surface area (Å²) < 4.78 is 2.00. The summed E-state index contributed by atoms with van der Waals surface area (Å²) in [5, 5.41) is 0. The summed E-state index contributed by atoms with van der Waals surface area (Å²) in [7, 11) is 0. The topological polar surface area (TPSA) is 66.6 Å². The van der Waals surface area contributed by atoms with E-state index in [1.54, 1.807) is 0 Å². The van der Waals surface area contributed by atoms with Crippen LogP contribution in [0.25, 0.3) is 16.9 Å². The van der Waals surface area contributed by atoms with E-state index in [0.717, 1.165) is 47.2 Å². The maximum Gasteiger partial charge on any atom is 0.275 e. The summed E-state index contributed by atoms with van der Waals surface area (Å²) in [4.78, 5) is 32.0. The predicted octanol–water partition coefficient (Wildman–Crippen LogP) is 4.15. The van der Waals surface area contributed by atoms with Crippen molar-refractivity contribution >= 4 is 17.5 Å². The Kier molecular flexibility index (Phi) is 5.54. The average Bonchev–Trinajstić information content (AvgIpc) is 3.09. The fourth-order valence-electron chi connectivity index (χ4n) is 4.56. The molecule has 0 spiro atoms. The molecule has 4 heterocycles. The van der Waals surface area contributed by atoms with Crippen LogP contribution in [0.15, 0.2) is 60.8 Å². The second-order valence-electron chi connectivity index (χ2n) is 8.68. The van der Waals surface area contributed by atoms with Crippen LogP contribution in [-0.4, -0.2) is 55.8 Å². The lowest BCUT2D eigenvalue weighted by Crippen LogP contribution is -2.40. The molecule has 7 heteroatoms. The van der Waals surface area contributed by atoms with Crippen molar-refractivity contribution in [3.63, 3.8) is 0 Å². The molecule has 0 unspecified atom stereocenters. The van der Waals surface area contributed by atoms with Gasteiger partial charge in [-0.1, -0.05) is 36.4 Å². The van der Waals surface area contributed by atoms with Crippen LogP contribution in [0.2, 0.25) is 0 Å². The number of carbonyl (C=O) groups excluding carboxylic acids is 1. The lowest BCUT2D eigenvalue weighted by Gasteiger charge is -2.26. The molecular weight excluding hydrogens is 412 g/mol. The van der Waals surface area contributed by atoms with Crippen molar-refractivity contribution in [3.05, 3.63) is 77.9 Å². The van der Waals surface area contributed by atoms with Crippen LogP contribution in [0.1, 0.15) is 35.2 Å². The molecule has 4 aromatic rings. The van der Waals surface area contributed by atoms with E-state index >= 15 is 0 Å². The molecule has 0 aliphatic carbocycles. The monoisotopic (exact) mass is 440 g/mol. The van der Waals surface area contributed by atoms with Gasteiger partial charge in [-0.15, -0.1) is 0 Å². The van der Waals surface area contributed by atoms with Crippen LogP contribution in [0.3, 0.4) is 0 Å². The molecule has 5 rings (SSSR count). The number of hydrogen-bond acceptors (Lipinski definition) is 5. The Balaban J connectivity index is 1.48. The van der Waals surface area contributed by atoms with Crippen molar-refractivity contribution in [2.45, 2.75) is 33.2 Å². The maximum atomic E-state index is 13.9. The molecule has 0 N–H and O–H groups in total. The van der Waals surface area contributed by atoms with Crippen LogP contribution >= 0.6 is 0 Å². The minimum absolute atomic E-state index is 0.0340. The molecule has 33 heavy (non-hydrogen) atoms. The molecule has 1 atom stereocenters. The van der Waals surface area contributed by atoms with Crippen molar-refractivity contribution in [1.82, 2.24) is 24.3 Å². The molecule has 0 bridgehead atoms. The zero-order valence-corrected chi connectivity index (χ0v) is 19.3. The van der Waals surface area contributed by atoms with Gasteiger partial charge in [0.2, 0.25) is 5.95 Å². The molecule has 1 aliphatic heterocycles. The highest BCUT2D eigenvalue weighted by Crippen LogP contribution is 2.27. The number of imidazole rings is 1. The Morgan fingerprint density at radius 1 is 0.909 bits per heavy atom. The predicted molar refractivity (Wildman–Crippen MR) is 129 cm³/mol. The van der Waals surface area contributed by atoms with Gasteiger partial charge in [0.1, 0.15) is 5.65 Å². The molecule has 3 aromatic heterocycles. The Morgan fingerprint density at radius 3 is 2.39 bits per heavy atom. The first-order chi connectivity index (χ1) is 16.0. The highest BCUT2D eigenvalue weighted by Gasteiger charge is 2.30. The van der Waals surface area contributed by atoms with Gasteiger partial charge in [0.15, 0.2) is 5.69 Å². The van der Waals surface area contributed by atoms with Crippen molar-refractivity contribution in [3.8, 4) is 11.3 Å². The number of nitrogens with zero attached hydrogens (tertiary/aromatic N) is 6. The zero-order chi connectivity index (χ0) is 22.9. The summed E-state index contributed by atoms with van der Waals surface area (Å²) in [6.07, 6.45) is 2.81. The number of aryl methyl sites for hydroxylation is 2. The number of pyridine rings is 1. The number of amides is 1. The largest absolute Gasteiger partial charge is 0.339 e. The Bertz CT molecular complexity index is 1280. The van der Waals surface area contributed by atoms with Gasteiger partial charge in [0.05, 0.1) is 5.69 Å². The van der Waals surface area contributed by atoms with Gasteiger partial charge in [0.25, 0.3) is 5.91 Å². The van der Waals surface area contributed by atoms with Gasteiger partial charge in [-0.2, -0.15) is 0 Å². The molecule has 0 saturated carbocycles. The molecule has 1 saturated heterocycles. The first-order valence-electron chi connectivity index (χ1n) is 11.4. The summed E-state index contributed by atoms with van der Waals surface area (Å²) in [6.45, 7) is 8.18. The van der Waals surface area contributed by atoms with E-state index in [2.05, 4.69) is 21.8 Å². The zero-order valence-electron chi connectivity index (χ0n) is 19.3. The number of fused-ring (bicyclic) bond motifs is 1. The van der Waals surface area contributed by atoms with Gasteiger partial charge < -0.3 is 9.80 Å². The molecule has 7 nitrogen and oxygen atoms in total. The molecule has 1 aromatic carbocycles. The van der Waals surface area contributed by atoms with Gasteiger partial charge in [-0.25, -0.2) is 15.0 Å². The number of hydrogen-bond donors (Lipinski definition) is 0. The van der Waals surface area contributed by atoms with Gasteiger partial charge >= 0.3 is 0 Å². The van der Waals surface area contributed by atoms with E-state index in [1.165, 1.54) is 0 Å². The van der Waals surface area contributed by atoms with Crippen molar-refractivity contribution in [2.24, 2.45) is 0 Å². The fraction of sp³-hybridized carbons (Fsp3) is 0.308. The van der Waals surface area contributed by atoms with Crippen molar-refractivity contribution in [1.29, 1.82) is 0 Å². The minimum atomic E-state index is -0.0340. The lowest BCUT2D eigenvalue weighted by molar-refractivity contribution is 0.0700. The van der Waals surface area contributed by atoms with E-state index in [-0.39, 0.29) is 11.9 Å². The maximum absolute atomic E-state index is 13.9. The molecule has 1 amide bonds. The Hall–Kier alpha value is -3.74. The van der Waals surface area contributed by atoms with Crippen LogP contribution in [-0.2, 0) is 0 Å². The summed E-state index contributed by atoms with van der Waals surface area (Å²) >= 11 is 0. The quantitative estimate of drug-likeness (QED) is 0.479. The van der Waals surface area contributed by atoms with Gasteiger partial charge in [-0.05, 0) is 45.4 Å². The molecular formula is C26H28N6O. The van der Waals surface area contributed by atoms with Crippen LogP contribution in [0.5, 0.6) is 0 Å². The first kappa shape index (κ1) is 21.1. The van der Waals surface area contributed by atoms with Crippen molar-refractivity contribution in [2.75, 3.05) is 24.5 Å². The second kappa shape index (κ2) is 8.65. The number of benzene rings is 1. The third-order valence-electron chi connectivity index (χ3n) is 6.25. The molecule has 168 valence electrons. The standard InChI is InChI=1S/C26H28N6O/c1-18-17-19(2)28-26(27-18)30-14-12-20(3)31(16-15-30)25(33)23-24(21-9-5-4-6-10-21)32-13-8-7-11-22(32)29-23/h4-11,13,17,20H,12,14-16H2,1-3H3/t20-/m1/s1. The smallest absolute Gasteiger partial charge is 0.275 e. The van der Waals surface area contributed by atoms with E-state index in [1.807, 2.05) is 83.9 Å². The SMILES string of the molecule is Cc1cc(C)nc(N2CC[C@@H](C)N(C(=O)c3nc4ccccn4c3-c3ccccc3)CC2)n1. The summed E-state index contributed by atoms with van der Waals surface area (Å²) in [5.41, 5.74) is 5.00. The van der Waals surface area contributed by atoms with E-state index in [4.69, 9.17) is 4.98 Å². The van der Waals surface area contributed by atoms with Crippen LogP contribution in [0.4, 0.5) is 5.95 Å². The number of rotatable bonds is 3. The highest BCUT2D eigenvalue weighted by molar-refractivity contribution is 5.99. The number of anilines is 1. The highest BCUT2D eigenvalue weighted by atomic mass is 16.2. The average molecular weight is 441 g/mol. The third kappa shape index (κ3) is 4.06. The third-order valence-corrected chi connectivity index (χ3v) is 6.25. The van der Waals surface area contributed by atoms with E-state index in [9.17, 15) is 4.79 Å². The van der Waals surface area contributed by atoms with E-state index in [0.29, 0.717) is 18.8 Å². The number of aromatic nitrogens is 4. The minimum Gasteiger partial charge on any atom is -0.339 e. The van der Waals surface area contributed by atoms with Gasteiger partial charge in [-0.3, -0.25) is 9.20 Å². The molecule has 0 radical (unpaired) electrons. The second-order valence-corrected chi connectivity index (χ2v) is 8.68. The summed E-state index contributed by atoms with van der Waals surface area (Å²) in [5.74, 6) is 0.708. The normalized spacial score (nSPS) is 16.8. The Morgan fingerprint density at radius 2 is 1.64 bits per heavy atom. The lowest BCUT2D eigenvalue weighted by atomic mass is 10.1. The van der Waals surface area contributed by atoms with Crippen molar-refractivity contribution < 1.29 is 4.79 Å². The Labute approximate surface area is 193 Å². The first-order valence-corrected chi connectivity index (χ1v) is 11.4. The molecule has 1 fully saturated rings. The van der Waals surface area contributed by atoms with E-state index < -0.39 is 0 Å². The molecule has 1 aliphatic rings. The van der Waals surface area contributed by atoms with Crippen LogP contribution in [0, 0.1) is 13.8 Å².